The molecule has 2 saturated carbocycles. The number of fused-ring (bicyclic) bond motifs is 1. The number of nitrogens with zero attached hydrogens (tertiary/aromatic N) is 2. The van der Waals surface area contributed by atoms with Crippen molar-refractivity contribution in [3.8, 4) is 0 Å². The largest absolute Gasteiger partial charge is 0.379 e. The Morgan fingerprint density at radius 1 is 1.07 bits per heavy atom. The van der Waals surface area contributed by atoms with Crippen molar-refractivity contribution in [2.24, 2.45) is 5.92 Å². The summed E-state index contributed by atoms with van der Waals surface area (Å²) in [5.41, 5.74) is 0. The third-order valence-corrected chi connectivity index (χ3v) is 7.69. The summed E-state index contributed by atoms with van der Waals surface area (Å²) in [6.07, 6.45) is 6.70. The molecule has 0 N–H and O–H groups in total. The van der Waals surface area contributed by atoms with Crippen LogP contribution in [0.2, 0.25) is 0 Å². The second kappa shape index (κ2) is 9.37. The molecule has 2 aliphatic carbocycles. The van der Waals surface area contributed by atoms with E-state index in [-0.39, 0.29) is 37.5 Å². The molecule has 7 heteroatoms. The zero-order valence-corrected chi connectivity index (χ0v) is 18.5. The topological polar surface area (TPSA) is 42.0 Å². The number of piperidine rings is 1. The van der Waals surface area contributed by atoms with E-state index in [1.165, 1.54) is 25.7 Å². The first kappa shape index (κ1) is 22.4. The molecule has 1 amide bonds. The van der Waals surface area contributed by atoms with E-state index >= 15 is 0 Å². The van der Waals surface area contributed by atoms with Crippen molar-refractivity contribution in [1.29, 1.82) is 0 Å². The highest BCUT2D eigenvalue weighted by atomic mass is 19.3. The first-order chi connectivity index (χ1) is 14.3. The van der Waals surface area contributed by atoms with E-state index in [9.17, 15) is 13.6 Å². The Morgan fingerprint density at radius 3 is 2.43 bits per heavy atom. The Balaban J connectivity index is 1.28. The van der Waals surface area contributed by atoms with Gasteiger partial charge < -0.3 is 19.3 Å². The third kappa shape index (κ3) is 5.16. The van der Waals surface area contributed by atoms with Crippen LogP contribution >= 0.6 is 0 Å². The number of amides is 1. The second-order valence-corrected chi connectivity index (χ2v) is 10.1. The number of alkyl halides is 2. The zero-order chi connectivity index (χ0) is 21.3. The Hall–Kier alpha value is -0.790. The van der Waals surface area contributed by atoms with Crippen LogP contribution in [0.3, 0.4) is 0 Å². The quantitative estimate of drug-likeness (QED) is 0.667. The van der Waals surface area contributed by atoms with E-state index in [4.69, 9.17) is 9.47 Å². The molecular formula is C23H38F2N2O3. The first-order valence-corrected chi connectivity index (χ1v) is 12.0. The minimum atomic E-state index is -2.68. The molecule has 0 bridgehead atoms. The highest BCUT2D eigenvalue weighted by Gasteiger charge is 2.50. The van der Waals surface area contributed by atoms with Gasteiger partial charge >= 0.3 is 0 Å². The van der Waals surface area contributed by atoms with Gasteiger partial charge in [0, 0.05) is 44.6 Å². The lowest BCUT2D eigenvalue weighted by Crippen LogP contribution is -2.63. The van der Waals surface area contributed by atoms with Crippen molar-refractivity contribution in [3.63, 3.8) is 0 Å². The normalized spacial score (nSPS) is 36.2. The lowest BCUT2D eigenvalue weighted by atomic mass is 9.83. The van der Waals surface area contributed by atoms with Crippen molar-refractivity contribution < 1.29 is 23.0 Å². The third-order valence-electron chi connectivity index (χ3n) is 7.69. The molecule has 0 aromatic carbocycles. The Kier molecular flexibility index (Phi) is 7.00. The smallest absolute Gasteiger partial charge is 0.250 e. The van der Waals surface area contributed by atoms with E-state index in [0.717, 1.165) is 32.5 Å². The number of carbonyl (C=O) groups is 1. The number of rotatable bonds is 5. The van der Waals surface area contributed by atoms with Gasteiger partial charge in [-0.15, -0.1) is 0 Å². The maximum atomic E-state index is 14.1. The van der Waals surface area contributed by atoms with Crippen molar-refractivity contribution in [3.05, 3.63) is 0 Å². The number of carbonyl (C=O) groups excluding carboxylic acids is 1. The van der Waals surface area contributed by atoms with Gasteiger partial charge in [-0.25, -0.2) is 8.78 Å². The average Bonchev–Trinajstić information content (AvgIpc) is 2.72. The minimum Gasteiger partial charge on any atom is -0.379 e. The van der Waals surface area contributed by atoms with Crippen molar-refractivity contribution >= 4 is 5.91 Å². The van der Waals surface area contributed by atoms with E-state index in [2.05, 4.69) is 18.7 Å². The molecule has 2 aliphatic heterocycles. The van der Waals surface area contributed by atoms with E-state index in [1.54, 1.807) is 4.90 Å². The highest BCUT2D eigenvalue weighted by molar-refractivity contribution is 5.79. The minimum absolute atomic E-state index is 0.0510. The van der Waals surface area contributed by atoms with Gasteiger partial charge in [0.2, 0.25) is 11.8 Å². The predicted molar refractivity (Wildman–Crippen MR) is 111 cm³/mol. The van der Waals surface area contributed by atoms with Gasteiger partial charge in [-0.2, -0.15) is 0 Å². The molecule has 0 spiro atoms. The molecule has 172 valence electrons. The Labute approximate surface area is 179 Å². The van der Waals surface area contributed by atoms with Crippen LogP contribution in [-0.4, -0.2) is 78.3 Å². The standard InChI is InChI=1S/C23H38F2N2O3/c1-16(2)29-14-17-3-5-18(6-4-17)26-11-8-19(9-12-26)27-20-13-23(24,25)10-7-21(20)30-15-22(27)28/h16-21H,3-15H2,1-2H3/t17-,18-,20-,21-/m0/s1. The summed E-state index contributed by atoms with van der Waals surface area (Å²) in [5, 5.41) is 0. The van der Waals surface area contributed by atoms with Crippen LogP contribution in [0.25, 0.3) is 0 Å². The summed E-state index contributed by atoms with van der Waals surface area (Å²) in [4.78, 5) is 17.0. The van der Waals surface area contributed by atoms with Crippen LogP contribution in [-0.2, 0) is 14.3 Å². The van der Waals surface area contributed by atoms with E-state index in [0.29, 0.717) is 24.5 Å². The summed E-state index contributed by atoms with van der Waals surface area (Å²) < 4.78 is 39.6. The van der Waals surface area contributed by atoms with Crippen LogP contribution < -0.4 is 0 Å². The van der Waals surface area contributed by atoms with Crippen molar-refractivity contribution in [2.75, 3.05) is 26.3 Å². The second-order valence-electron chi connectivity index (χ2n) is 10.1. The summed E-state index contributed by atoms with van der Waals surface area (Å²) in [7, 11) is 0. The monoisotopic (exact) mass is 428 g/mol. The molecule has 4 aliphatic rings. The number of hydrogen-bond donors (Lipinski definition) is 0. The van der Waals surface area contributed by atoms with Gasteiger partial charge in [-0.05, 0) is 64.7 Å². The number of ether oxygens (including phenoxy) is 2. The summed E-state index contributed by atoms with van der Waals surface area (Å²) in [6, 6.07) is 0.242. The van der Waals surface area contributed by atoms with Crippen LogP contribution in [0.1, 0.15) is 71.6 Å². The molecule has 2 heterocycles. The zero-order valence-electron chi connectivity index (χ0n) is 18.5. The van der Waals surface area contributed by atoms with Gasteiger partial charge in [-0.3, -0.25) is 4.79 Å². The Bertz CT molecular complexity index is 587. The van der Waals surface area contributed by atoms with Crippen molar-refractivity contribution in [1.82, 2.24) is 9.80 Å². The average molecular weight is 429 g/mol. The van der Waals surface area contributed by atoms with Crippen molar-refractivity contribution in [2.45, 2.75) is 108 Å². The fourth-order valence-corrected chi connectivity index (χ4v) is 6.00. The van der Waals surface area contributed by atoms with Crippen LogP contribution in [0, 0.1) is 5.92 Å². The molecular weight excluding hydrogens is 390 g/mol. The van der Waals surface area contributed by atoms with Gasteiger partial charge in [0.15, 0.2) is 0 Å². The number of morpholine rings is 1. The van der Waals surface area contributed by atoms with E-state index < -0.39 is 12.0 Å². The maximum Gasteiger partial charge on any atom is 0.250 e. The molecule has 2 saturated heterocycles. The first-order valence-electron chi connectivity index (χ1n) is 12.0. The SMILES string of the molecule is CC(C)OC[C@H]1CC[C@H](N2CCC(N3C(=O)CO[C@H]4CCC(F)(F)C[C@@H]43)CC2)CC1. The van der Waals surface area contributed by atoms with E-state index in [1.807, 2.05) is 0 Å². The van der Waals surface area contributed by atoms with Gasteiger partial charge in [-0.1, -0.05) is 0 Å². The van der Waals surface area contributed by atoms with Crippen LogP contribution in [0.15, 0.2) is 0 Å². The molecule has 0 aromatic rings. The van der Waals surface area contributed by atoms with Crippen LogP contribution in [0.4, 0.5) is 8.78 Å². The predicted octanol–water partition coefficient (Wildman–Crippen LogP) is 3.85. The molecule has 4 fully saturated rings. The lowest BCUT2D eigenvalue weighted by molar-refractivity contribution is -0.183. The van der Waals surface area contributed by atoms with Gasteiger partial charge in [0.25, 0.3) is 0 Å². The van der Waals surface area contributed by atoms with Gasteiger partial charge in [0.05, 0.1) is 18.2 Å². The number of halogens is 2. The molecule has 5 nitrogen and oxygen atoms in total. The maximum absolute atomic E-state index is 14.1. The molecule has 0 radical (unpaired) electrons. The molecule has 4 rings (SSSR count). The Morgan fingerprint density at radius 2 is 1.77 bits per heavy atom. The molecule has 0 unspecified atom stereocenters. The van der Waals surface area contributed by atoms with Gasteiger partial charge in [0.1, 0.15) is 6.61 Å². The number of hydrogen-bond acceptors (Lipinski definition) is 4. The summed E-state index contributed by atoms with van der Waals surface area (Å²) in [6.45, 7) is 7.02. The molecule has 2 atom stereocenters. The van der Waals surface area contributed by atoms with Crippen LogP contribution in [0.5, 0.6) is 0 Å². The molecule has 0 aromatic heterocycles. The lowest BCUT2D eigenvalue weighted by Gasteiger charge is -2.51. The fourth-order valence-electron chi connectivity index (χ4n) is 6.00. The fraction of sp³-hybridized carbons (Fsp3) is 0.957. The number of likely N-dealkylation sites (tertiary alicyclic amines) is 1. The molecule has 30 heavy (non-hydrogen) atoms. The summed E-state index contributed by atoms with van der Waals surface area (Å²) in [5.74, 6) is -2.10. The highest BCUT2D eigenvalue weighted by Crippen LogP contribution is 2.40. The summed E-state index contributed by atoms with van der Waals surface area (Å²) >= 11 is 0.